The molecule has 10 nitrogen and oxygen atoms in total. The van der Waals surface area contributed by atoms with Crippen LogP contribution >= 0.6 is 0 Å². The average molecular weight is 530 g/mol. The molecule has 0 saturated heterocycles. The molecule has 2 aromatic heterocycles. The highest BCUT2D eigenvalue weighted by Gasteiger charge is 2.16. The number of aromatic nitrogens is 3. The van der Waals surface area contributed by atoms with E-state index in [2.05, 4.69) is 25.2 Å². The monoisotopic (exact) mass is 529 g/mol. The Balaban J connectivity index is 1.41. The van der Waals surface area contributed by atoms with Gasteiger partial charge in [-0.2, -0.15) is 0 Å². The first kappa shape index (κ1) is 24.8. The Hall–Kier alpha value is -4.90. The van der Waals surface area contributed by atoms with Crippen LogP contribution in [-0.4, -0.2) is 35.8 Å². The normalized spacial score (nSPS) is 11.6. The number of ether oxygens (including phenoxy) is 1. The van der Waals surface area contributed by atoms with Crippen LogP contribution in [0.25, 0.3) is 23.1 Å². The van der Waals surface area contributed by atoms with Crippen molar-refractivity contribution in [1.82, 2.24) is 15.1 Å². The van der Waals surface area contributed by atoms with E-state index in [1.54, 1.807) is 43.3 Å². The molecule has 0 amide bonds. The van der Waals surface area contributed by atoms with Crippen LogP contribution in [0.3, 0.4) is 0 Å². The molecule has 0 spiro atoms. The molecule has 5 rings (SSSR count). The maximum atomic E-state index is 12.7. The van der Waals surface area contributed by atoms with Crippen LogP contribution in [0.4, 0.5) is 17.3 Å². The van der Waals surface area contributed by atoms with Gasteiger partial charge in [0.2, 0.25) is 0 Å². The zero-order valence-electron chi connectivity index (χ0n) is 20.4. The predicted molar refractivity (Wildman–Crippen MR) is 145 cm³/mol. The van der Waals surface area contributed by atoms with Crippen LogP contribution in [0.15, 0.2) is 82.2 Å². The fraction of sp³-hybridized carbons (Fsp3) is 0.0741. The van der Waals surface area contributed by atoms with Gasteiger partial charge in [-0.15, -0.1) is 0 Å². The molecule has 0 fully saturated rings. The maximum Gasteiger partial charge on any atom is 0.263 e. The number of fused-ring (bicyclic) bond motifs is 1. The Morgan fingerprint density at radius 2 is 1.76 bits per heavy atom. The van der Waals surface area contributed by atoms with Gasteiger partial charge < -0.3 is 19.7 Å². The molecule has 38 heavy (non-hydrogen) atoms. The number of rotatable bonds is 8. The van der Waals surface area contributed by atoms with Crippen LogP contribution in [0.5, 0.6) is 11.5 Å². The molecule has 3 N–H and O–H groups in total. The number of aromatic hydroxyl groups is 1. The van der Waals surface area contributed by atoms with Crippen molar-refractivity contribution in [3.05, 3.63) is 89.9 Å². The van der Waals surface area contributed by atoms with Gasteiger partial charge in [0.15, 0.2) is 23.1 Å². The lowest BCUT2D eigenvalue weighted by Crippen LogP contribution is -2.13. The number of phenolic OH excluding ortho intramolecular Hbond substituents is 1. The van der Waals surface area contributed by atoms with Crippen molar-refractivity contribution in [2.24, 2.45) is 0 Å². The summed E-state index contributed by atoms with van der Waals surface area (Å²) in [4.78, 5) is 9.36. The summed E-state index contributed by atoms with van der Waals surface area (Å²) >= 11 is 0. The zero-order valence-corrected chi connectivity index (χ0v) is 21.2. The standard InChI is InChI=1S/C27H23N5O5S/c1-17-15-26(31-37-17)32-38(34,35)20-11-9-19(10-12-20)28-27-21-5-3-4-6-22(21)29-25(30-27)14-8-18-7-13-23(33)24(16-18)36-2/h3-16,33H,1-2H3,(H,31,32)(H,28,29,30)/b14-8+. The second kappa shape index (κ2) is 10.2. The molecular formula is C27H23N5O5S. The van der Waals surface area contributed by atoms with Crippen molar-refractivity contribution in [3.8, 4) is 11.5 Å². The second-order valence-corrected chi connectivity index (χ2v) is 9.97. The lowest BCUT2D eigenvalue weighted by Gasteiger charge is -2.11. The number of benzene rings is 3. The van der Waals surface area contributed by atoms with E-state index in [9.17, 15) is 13.5 Å². The number of aryl methyl sites for hydroxylation is 1. The Bertz CT molecular complexity index is 1750. The van der Waals surface area contributed by atoms with Gasteiger partial charge in [-0.05, 0) is 67.1 Å². The average Bonchev–Trinajstić information content (AvgIpc) is 3.32. The Morgan fingerprint density at radius 1 is 0.974 bits per heavy atom. The first-order valence-electron chi connectivity index (χ1n) is 11.5. The van der Waals surface area contributed by atoms with E-state index in [0.717, 1.165) is 16.5 Å². The molecule has 3 aromatic carbocycles. The molecule has 192 valence electrons. The van der Waals surface area contributed by atoms with Gasteiger partial charge in [0, 0.05) is 17.1 Å². The molecule has 0 saturated carbocycles. The molecule has 5 aromatic rings. The lowest BCUT2D eigenvalue weighted by molar-refractivity contribution is 0.373. The number of phenols is 1. The number of hydrogen-bond donors (Lipinski definition) is 3. The number of nitrogens with zero attached hydrogens (tertiary/aromatic N) is 3. The third kappa shape index (κ3) is 5.42. The smallest absolute Gasteiger partial charge is 0.263 e. The van der Waals surface area contributed by atoms with Crippen molar-refractivity contribution in [3.63, 3.8) is 0 Å². The van der Waals surface area contributed by atoms with Crippen LogP contribution < -0.4 is 14.8 Å². The summed E-state index contributed by atoms with van der Waals surface area (Å²) in [7, 11) is -2.34. The van der Waals surface area contributed by atoms with E-state index >= 15 is 0 Å². The largest absolute Gasteiger partial charge is 0.504 e. The SMILES string of the molecule is COc1cc(/C=C/c2nc(Nc3ccc(S(=O)(=O)Nc4cc(C)on4)cc3)c3ccccc3n2)ccc1O. The second-order valence-electron chi connectivity index (χ2n) is 8.29. The molecule has 0 atom stereocenters. The molecule has 0 aliphatic carbocycles. The zero-order chi connectivity index (χ0) is 26.7. The Kier molecular flexibility index (Phi) is 6.67. The molecule has 0 aliphatic rings. The highest BCUT2D eigenvalue weighted by molar-refractivity contribution is 7.92. The number of anilines is 3. The number of nitrogens with one attached hydrogen (secondary N) is 2. The summed E-state index contributed by atoms with van der Waals surface area (Å²) in [5.41, 5.74) is 2.18. The third-order valence-corrected chi connectivity index (χ3v) is 6.91. The van der Waals surface area contributed by atoms with Gasteiger partial charge in [-0.1, -0.05) is 29.4 Å². The number of sulfonamides is 1. The highest BCUT2D eigenvalue weighted by Crippen LogP contribution is 2.28. The predicted octanol–water partition coefficient (Wildman–Crippen LogP) is 5.36. The molecule has 11 heteroatoms. The van der Waals surface area contributed by atoms with Gasteiger partial charge in [0.25, 0.3) is 10.0 Å². The van der Waals surface area contributed by atoms with Gasteiger partial charge in [0.05, 0.1) is 17.5 Å². The van der Waals surface area contributed by atoms with Crippen molar-refractivity contribution in [1.29, 1.82) is 0 Å². The van der Waals surface area contributed by atoms with E-state index in [4.69, 9.17) is 9.26 Å². The first-order valence-corrected chi connectivity index (χ1v) is 12.9. The quantitative estimate of drug-likeness (QED) is 0.242. The fourth-order valence-electron chi connectivity index (χ4n) is 3.70. The molecule has 0 bridgehead atoms. The maximum absolute atomic E-state index is 12.7. The number of hydrogen-bond acceptors (Lipinski definition) is 9. The summed E-state index contributed by atoms with van der Waals surface area (Å²) < 4.78 is 37.8. The van der Waals surface area contributed by atoms with Gasteiger partial charge in [-0.25, -0.2) is 18.4 Å². The minimum Gasteiger partial charge on any atom is -0.504 e. The van der Waals surface area contributed by atoms with E-state index in [1.165, 1.54) is 25.3 Å². The van der Waals surface area contributed by atoms with Crippen molar-refractivity contribution < 1.29 is 22.8 Å². The molecule has 0 aliphatic heterocycles. The minimum atomic E-state index is -3.83. The van der Waals surface area contributed by atoms with Crippen molar-refractivity contribution >= 4 is 50.4 Å². The number of methoxy groups -OCH3 is 1. The first-order chi connectivity index (χ1) is 18.3. The van der Waals surface area contributed by atoms with E-state index in [-0.39, 0.29) is 16.5 Å². The van der Waals surface area contributed by atoms with Crippen LogP contribution in [0, 0.1) is 6.92 Å². The fourth-order valence-corrected chi connectivity index (χ4v) is 4.68. The highest BCUT2D eigenvalue weighted by atomic mass is 32.2. The van der Waals surface area contributed by atoms with Crippen molar-refractivity contribution in [2.75, 3.05) is 17.1 Å². The summed E-state index contributed by atoms with van der Waals surface area (Å²) in [6, 6.07) is 20.4. The minimum absolute atomic E-state index is 0.0564. The Morgan fingerprint density at radius 3 is 2.50 bits per heavy atom. The van der Waals surface area contributed by atoms with Gasteiger partial charge >= 0.3 is 0 Å². The summed E-state index contributed by atoms with van der Waals surface area (Å²) in [6.45, 7) is 1.67. The van der Waals surface area contributed by atoms with E-state index in [0.29, 0.717) is 28.8 Å². The van der Waals surface area contributed by atoms with Crippen LogP contribution in [-0.2, 0) is 10.0 Å². The molecule has 2 heterocycles. The van der Waals surface area contributed by atoms with E-state index in [1.807, 2.05) is 30.3 Å². The van der Waals surface area contributed by atoms with Gasteiger partial charge in [0.1, 0.15) is 11.6 Å². The van der Waals surface area contributed by atoms with Crippen LogP contribution in [0.2, 0.25) is 0 Å². The summed E-state index contributed by atoms with van der Waals surface area (Å²) in [6.07, 6.45) is 3.58. The summed E-state index contributed by atoms with van der Waals surface area (Å²) in [5, 5.41) is 17.6. The van der Waals surface area contributed by atoms with Crippen molar-refractivity contribution in [2.45, 2.75) is 11.8 Å². The summed E-state index contributed by atoms with van der Waals surface area (Å²) in [5.74, 6) is 2.06. The topological polar surface area (TPSA) is 139 Å². The third-order valence-electron chi connectivity index (χ3n) is 5.54. The molecule has 0 radical (unpaired) electrons. The molecular weight excluding hydrogens is 506 g/mol. The van der Waals surface area contributed by atoms with Crippen LogP contribution in [0.1, 0.15) is 17.1 Å². The molecule has 0 unspecified atom stereocenters. The van der Waals surface area contributed by atoms with E-state index < -0.39 is 10.0 Å². The Labute approximate surface area is 218 Å². The lowest BCUT2D eigenvalue weighted by atomic mass is 10.2. The van der Waals surface area contributed by atoms with Gasteiger partial charge in [-0.3, -0.25) is 4.72 Å². The number of para-hydroxylation sites is 1.